The van der Waals surface area contributed by atoms with Gasteiger partial charge in [-0.15, -0.1) is 23.2 Å². The summed E-state index contributed by atoms with van der Waals surface area (Å²) in [6, 6.07) is 8.46. The van der Waals surface area contributed by atoms with Crippen LogP contribution in [-0.4, -0.2) is 11.8 Å². The minimum Gasteiger partial charge on any atom is -0.472 e. The molecule has 0 N–H and O–H groups in total. The fraction of sp³-hybridized carbons (Fsp3) is 0.286. The number of rotatable bonds is 5. The van der Waals surface area contributed by atoms with Crippen LogP contribution in [0.2, 0.25) is 0 Å². The molecular formula is C14H13Cl2FO. The van der Waals surface area contributed by atoms with Gasteiger partial charge in [0.25, 0.3) is 0 Å². The fourth-order valence-corrected chi connectivity index (χ4v) is 2.81. The Morgan fingerprint density at radius 2 is 1.83 bits per heavy atom. The summed E-state index contributed by atoms with van der Waals surface area (Å²) in [4.78, 5) is 0. The molecule has 0 aliphatic rings. The van der Waals surface area contributed by atoms with Gasteiger partial charge in [0.1, 0.15) is 5.82 Å². The molecule has 4 heteroatoms. The molecule has 2 rings (SSSR count). The molecule has 0 amide bonds. The van der Waals surface area contributed by atoms with Gasteiger partial charge in [0.15, 0.2) is 0 Å². The van der Waals surface area contributed by atoms with Crippen LogP contribution in [0.25, 0.3) is 0 Å². The predicted molar refractivity (Wildman–Crippen MR) is 71.9 cm³/mol. The normalized spacial score (nSPS) is 11.7. The van der Waals surface area contributed by atoms with Crippen LogP contribution in [0, 0.1) is 5.82 Å². The first-order valence-electron chi connectivity index (χ1n) is 5.60. The lowest BCUT2D eigenvalue weighted by Gasteiger charge is -2.30. The van der Waals surface area contributed by atoms with Gasteiger partial charge < -0.3 is 4.42 Å². The molecule has 96 valence electrons. The molecule has 0 bridgehead atoms. The number of hydrogen-bond acceptors (Lipinski definition) is 1. The number of halogens is 3. The lowest BCUT2D eigenvalue weighted by molar-refractivity contribution is 0.486. The van der Waals surface area contributed by atoms with E-state index in [1.165, 1.54) is 6.07 Å². The highest BCUT2D eigenvalue weighted by Gasteiger charge is 2.33. The van der Waals surface area contributed by atoms with E-state index in [9.17, 15) is 4.39 Å². The van der Waals surface area contributed by atoms with E-state index in [1.54, 1.807) is 30.7 Å². The molecule has 0 fully saturated rings. The van der Waals surface area contributed by atoms with Gasteiger partial charge >= 0.3 is 0 Å². The largest absolute Gasteiger partial charge is 0.472 e. The smallest absolute Gasteiger partial charge is 0.127 e. The maximum atomic E-state index is 13.9. The van der Waals surface area contributed by atoms with E-state index in [0.29, 0.717) is 12.0 Å². The highest BCUT2D eigenvalue weighted by atomic mass is 35.5. The van der Waals surface area contributed by atoms with Crippen LogP contribution in [0.1, 0.15) is 11.1 Å². The highest BCUT2D eigenvalue weighted by Crippen LogP contribution is 2.33. The van der Waals surface area contributed by atoms with E-state index < -0.39 is 5.41 Å². The van der Waals surface area contributed by atoms with Gasteiger partial charge in [-0.25, -0.2) is 4.39 Å². The van der Waals surface area contributed by atoms with Crippen LogP contribution in [0.4, 0.5) is 4.39 Å². The summed E-state index contributed by atoms with van der Waals surface area (Å²) >= 11 is 12.1. The minimum atomic E-state index is -0.613. The SMILES string of the molecule is Fc1ccccc1C(CCl)(CCl)Cc1ccoc1. The Kier molecular flexibility index (Phi) is 4.31. The maximum absolute atomic E-state index is 13.9. The van der Waals surface area contributed by atoms with Gasteiger partial charge in [0.05, 0.1) is 12.5 Å². The van der Waals surface area contributed by atoms with Crippen LogP contribution in [0.3, 0.4) is 0 Å². The first kappa shape index (κ1) is 13.4. The number of alkyl halides is 2. The summed E-state index contributed by atoms with van der Waals surface area (Å²) < 4.78 is 19.0. The van der Waals surface area contributed by atoms with Crippen LogP contribution in [-0.2, 0) is 11.8 Å². The summed E-state index contributed by atoms with van der Waals surface area (Å²) in [5.41, 5.74) is 0.897. The number of hydrogen-bond donors (Lipinski definition) is 0. The predicted octanol–water partition coefficient (Wildman–Crippen LogP) is 4.38. The van der Waals surface area contributed by atoms with E-state index in [2.05, 4.69) is 0 Å². The minimum absolute atomic E-state index is 0.253. The van der Waals surface area contributed by atoms with Crippen molar-refractivity contribution in [2.45, 2.75) is 11.8 Å². The average Bonchev–Trinajstić information content (AvgIpc) is 2.90. The van der Waals surface area contributed by atoms with Crippen molar-refractivity contribution in [1.82, 2.24) is 0 Å². The van der Waals surface area contributed by atoms with E-state index in [1.807, 2.05) is 6.07 Å². The zero-order valence-corrected chi connectivity index (χ0v) is 11.2. The molecule has 0 spiro atoms. The van der Waals surface area contributed by atoms with E-state index >= 15 is 0 Å². The molecule has 0 saturated carbocycles. The molecule has 1 aromatic carbocycles. The van der Waals surface area contributed by atoms with Crippen molar-refractivity contribution in [3.05, 3.63) is 59.8 Å². The molecule has 1 heterocycles. The molecule has 2 aromatic rings. The van der Waals surface area contributed by atoms with Crippen molar-refractivity contribution < 1.29 is 8.81 Å². The third kappa shape index (κ3) is 2.55. The van der Waals surface area contributed by atoms with Crippen molar-refractivity contribution in [1.29, 1.82) is 0 Å². The highest BCUT2D eigenvalue weighted by molar-refractivity contribution is 6.22. The Labute approximate surface area is 116 Å². The topological polar surface area (TPSA) is 13.1 Å². The summed E-state index contributed by atoms with van der Waals surface area (Å²) in [7, 11) is 0. The molecule has 1 nitrogen and oxygen atoms in total. The molecule has 0 unspecified atom stereocenters. The second-order valence-corrected chi connectivity index (χ2v) is 4.87. The zero-order chi connectivity index (χ0) is 13.0. The zero-order valence-electron chi connectivity index (χ0n) is 9.70. The molecule has 0 radical (unpaired) electrons. The van der Waals surface area contributed by atoms with Crippen molar-refractivity contribution in [2.24, 2.45) is 0 Å². The standard InChI is InChI=1S/C14H13Cl2FO/c15-9-14(10-16,7-11-5-6-18-8-11)12-3-1-2-4-13(12)17/h1-6,8H,7,9-10H2. The van der Waals surface area contributed by atoms with Crippen LogP contribution in [0.15, 0.2) is 47.3 Å². The van der Waals surface area contributed by atoms with Gasteiger partial charge in [-0.05, 0) is 29.7 Å². The average molecular weight is 287 g/mol. The first-order valence-corrected chi connectivity index (χ1v) is 6.67. The van der Waals surface area contributed by atoms with E-state index in [-0.39, 0.29) is 17.6 Å². The third-order valence-corrected chi connectivity index (χ3v) is 4.10. The molecule has 0 aliphatic heterocycles. The monoisotopic (exact) mass is 286 g/mol. The Morgan fingerprint density at radius 1 is 1.11 bits per heavy atom. The van der Waals surface area contributed by atoms with E-state index in [0.717, 1.165) is 5.56 Å². The van der Waals surface area contributed by atoms with Crippen molar-refractivity contribution >= 4 is 23.2 Å². The first-order chi connectivity index (χ1) is 8.72. The molecule has 0 saturated heterocycles. The lowest BCUT2D eigenvalue weighted by Crippen LogP contribution is -2.34. The molecule has 1 aromatic heterocycles. The van der Waals surface area contributed by atoms with Crippen LogP contribution < -0.4 is 0 Å². The second-order valence-electron chi connectivity index (χ2n) is 4.34. The van der Waals surface area contributed by atoms with Crippen molar-refractivity contribution in [3.8, 4) is 0 Å². The van der Waals surface area contributed by atoms with Crippen LogP contribution >= 0.6 is 23.2 Å². The van der Waals surface area contributed by atoms with E-state index in [4.69, 9.17) is 27.6 Å². The number of benzene rings is 1. The third-order valence-electron chi connectivity index (χ3n) is 3.08. The molecule has 18 heavy (non-hydrogen) atoms. The van der Waals surface area contributed by atoms with Gasteiger partial charge in [-0.2, -0.15) is 0 Å². The summed E-state index contributed by atoms with van der Waals surface area (Å²) in [6.45, 7) is 0. The van der Waals surface area contributed by atoms with Gasteiger partial charge in [-0.1, -0.05) is 18.2 Å². The summed E-state index contributed by atoms with van der Waals surface area (Å²) in [5.74, 6) is 0.230. The summed E-state index contributed by atoms with van der Waals surface area (Å²) in [5, 5.41) is 0. The quantitative estimate of drug-likeness (QED) is 0.744. The Bertz CT molecular complexity index is 492. The Balaban J connectivity index is 2.40. The molecular weight excluding hydrogens is 274 g/mol. The van der Waals surface area contributed by atoms with Crippen LogP contribution in [0.5, 0.6) is 0 Å². The number of furan rings is 1. The Hall–Kier alpha value is -0.990. The second kappa shape index (κ2) is 5.77. The van der Waals surface area contributed by atoms with Crippen molar-refractivity contribution in [2.75, 3.05) is 11.8 Å². The molecule has 0 aliphatic carbocycles. The fourth-order valence-electron chi connectivity index (χ4n) is 2.04. The van der Waals surface area contributed by atoms with Gasteiger partial charge in [0.2, 0.25) is 0 Å². The van der Waals surface area contributed by atoms with Crippen molar-refractivity contribution in [3.63, 3.8) is 0 Å². The lowest BCUT2D eigenvalue weighted by atomic mass is 9.79. The molecule has 0 atom stereocenters. The summed E-state index contributed by atoms with van der Waals surface area (Å²) in [6.07, 6.45) is 3.77. The van der Waals surface area contributed by atoms with Gasteiger partial charge in [-0.3, -0.25) is 0 Å². The van der Waals surface area contributed by atoms with Gasteiger partial charge in [0, 0.05) is 17.2 Å². The Morgan fingerprint density at radius 3 is 2.39 bits per heavy atom. The maximum Gasteiger partial charge on any atom is 0.127 e.